The number of aromatic nitrogens is 3. The molecule has 1 aromatic rings. The maximum Gasteiger partial charge on any atom is 0.225 e. The van der Waals surface area contributed by atoms with E-state index in [4.69, 9.17) is 11.6 Å². The van der Waals surface area contributed by atoms with Crippen molar-refractivity contribution in [2.75, 3.05) is 0 Å². The van der Waals surface area contributed by atoms with Gasteiger partial charge in [-0.2, -0.15) is 0 Å². The lowest BCUT2D eigenvalue weighted by Crippen LogP contribution is -2.17. The summed E-state index contributed by atoms with van der Waals surface area (Å²) in [6.45, 7) is 8.64. The van der Waals surface area contributed by atoms with E-state index in [1.165, 1.54) is 0 Å². The van der Waals surface area contributed by atoms with E-state index in [2.05, 4.69) is 42.5 Å². The van der Waals surface area contributed by atoms with E-state index >= 15 is 0 Å². The normalized spacial score (nSPS) is 13.6. The zero-order valence-corrected chi connectivity index (χ0v) is 10.0. The van der Waals surface area contributed by atoms with Gasteiger partial charge < -0.3 is 0 Å². The standard InChI is InChI=1S/C10H18ClN3/c1-5-8(7(3)4)14-9(6-2)12-13-10(14)11/h7-8H,5-6H2,1-4H3. The predicted molar refractivity (Wildman–Crippen MR) is 58.6 cm³/mol. The number of aryl methyl sites for hydroxylation is 1. The molecule has 0 spiro atoms. The summed E-state index contributed by atoms with van der Waals surface area (Å²) in [5.41, 5.74) is 0. The van der Waals surface area contributed by atoms with E-state index in [1.807, 2.05) is 0 Å². The molecule has 0 N–H and O–H groups in total. The Morgan fingerprint density at radius 1 is 1.29 bits per heavy atom. The fourth-order valence-electron chi connectivity index (χ4n) is 1.82. The number of hydrogen-bond acceptors (Lipinski definition) is 2. The molecule has 0 radical (unpaired) electrons. The first-order valence-corrected chi connectivity index (χ1v) is 5.58. The predicted octanol–water partition coefficient (Wildman–Crippen LogP) is 3.10. The highest BCUT2D eigenvalue weighted by atomic mass is 35.5. The Bertz CT molecular complexity index is 294. The third-order valence-corrected chi connectivity index (χ3v) is 2.82. The first-order chi connectivity index (χ1) is 6.61. The van der Waals surface area contributed by atoms with Crippen molar-refractivity contribution in [3.63, 3.8) is 0 Å². The quantitative estimate of drug-likeness (QED) is 0.773. The minimum absolute atomic E-state index is 0.410. The minimum atomic E-state index is 0.410. The van der Waals surface area contributed by atoms with Crippen LogP contribution in [0.25, 0.3) is 0 Å². The second-order valence-electron chi connectivity index (χ2n) is 3.83. The second-order valence-corrected chi connectivity index (χ2v) is 4.17. The molecule has 0 aliphatic carbocycles. The molecule has 3 nitrogen and oxygen atoms in total. The Morgan fingerprint density at radius 2 is 1.93 bits per heavy atom. The Balaban J connectivity index is 3.07. The van der Waals surface area contributed by atoms with Crippen molar-refractivity contribution in [3.05, 3.63) is 11.1 Å². The van der Waals surface area contributed by atoms with Gasteiger partial charge in [0.25, 0.3) is 0 Å². The minimum Gasteiger partial charge on any atom is -0.298 e. The fourth-order valence-corrected chi connectivity index (χ4v) is 2.08. The number of halogens is 1. The van der Waals surface area contributed by atoms with Crippen LogP contribution in [0.5, 0.6) is 0 Å². The molecule has 1 atom stereocenters. The van der Waals surface area contributed by atoms with Crippen LogP contribution in [0, 0.1) is 5.92 Å². The molecule has 1 unspecified atom stereocenters. The van der Waals surface area contributed by atoms with Gasteiger partial charge in [0.2, 0.25) is 5.28 Å². The summed E-state index contributed by atoms with van der Waals surface area (Å²) in [6, 6.07) is 0.410. The summed E-state index contributed by atoms with van der Waals surface area (Å²) in [5.74, 6) is 1.54. The van der Waals surface area contributed by atoms with Gasteiger partial charge in [0, 0.05) is 12.5 Å². The van der Waals surface area contributed by atoms with Crippen molar-refractivity contribution in [3.8, 4) is 0 Å². The van der Waals surface area contributed by atoms with Crippen LogP contribution in [0.2, 0.25) is 5.28 Å². The highest BCUT2D eigenvalue weighted by Crippen LogP contribution is 2.26. The zero-order chi connectivity index (χ0) is 10.7. The molecule has 0 aliphatic rings. The van der Waals surface area contributed by atoms with Crippen LogP contribution in [-0.2, 0) is 6.42 Å². The molecule has 1 rings (SSSR count). The van der Waals surface area contributed by atoms with Crippen LogP contribution in [0.15, 0.2) is 0 Å². The third-order valence-electron chi connectivity index (χ3n) is 2.56. The average molecular weight is 216 g/mol. The molecule has 0 saturated heterocycles. The van der Waals surface area contributed by atoms with Gasteiger partial charge in [0.1, 0.15) is 5.82 Å². The van der Waals surface area contributed by atoms with E-state index in [0.717, 1.165) is 18.7 Å². The van der Waals surface area contributed by atoms with Gasteiger partial charge in [-0.05, 0) is 23.9 Å². The maximum absolute atomic E-state index is 6.03. The van der Waals surface area contributed by atoms with Crippen LogP contribution in [0.4, 0.5) is 0 Å². The summed E-state index contributed by atoms with van der Waals surface area (Å²) < 4.78 is 2.06. The first-order valence-electron chi connectivity index (χ1n) is 5.21. The Kier molecular flexibility index (Phi) is 3.93. The van der Waals surface area contributed by atoms with Crippen LogP contribution >= 0.6 is 11.6 Å². The van der Waals surface area contributed by atoms with Gasteiger partial charge in [-0.25, -0.2) is 0 Å². The van der Waals surface area contributed by atoms with Gasteiger partial charge in [0.15, 0.2) is 0 Å². The fraction of sp³-hybridized carbons (Fsp3) is 0.800. The number of hydrogen-bond donors (Lipinski definition) is 0. The lowest BCUT2D eigenvalue weighted by atomic mass is 10.0. The van der Waals surface area contributed by atoms with E-state index in [0.29, 0.717) is 17.2 Å². The number of nitrogens with zero attached hydrogens (tertiary/aromatic N) is 3. The molecule has 0 bridgehead atoms. The van der Waals surface area contributed by atoms with E-state index in [1.54, 1.807) is 0 Å². The van der Waals surface area contributed by atoms with E-state index in [-0.39, 0.29) is 0 Å². The lowest BCUT2D eigenvalue weighted by Gasteiger charge is -2.22. The molecule has 4 heteroatoms. The Morgan fingerprint density at radius 3 is 2.36 bits per heavy atom. The summed E-state index contributed by atoms with van der Waals surface area (Å²) >= 11 is 6.03. The monoisotopic (exact) mass is 215 g/mol. The molecule has 0 amide bonds. The van der Waals surface area contributed by atoms with Crippen LogP contribution in [-0.4, -0.2) is 14.8 Å². The molecule has 1 heterocycles. The Hall–Kier alpha value is -0.570. The van der Waals surface area contributed by atoms with Gasteiger partial charge in [-0.15, -0.1) is 10.2 Å². The largest absolute Gasteiger partial charge is 0.298 e. The summed E-state index contributed by atoms with van der Waals surface area (Å²) in [7, 11) is 0. The SMILES string of the molecule is CCc1nnc(Cl)n1C(CC)C(C)C. The topological polar surface area (TPSA) is 30.7 Å². The van der Waals surface area contributed by atoms with Gasteiger partial charge in [-0.1, -0.05) is 27.7 Å². The molecule has 0 aliphatic heterocycles. The average Bonchev–Trinajstić information content (AvgIpc) is 2.49. The summed E-state index contributed by atoms with van der Waals surface area (Å²) in [6.07, 6.45) is 1.94. The summed E-state index contributed by atoms with van der Waals surface area (Å²) in [5, 5.41) is 8.50. The van der Waals surface area contributed by atoms with E-state index < -0.39 is 0 Å². The molecule has 0 aromatic carbocycles. The highest BCUT2D eigenvalue weighted by Gasteiger charge is 2.19. The van der Waals surface area contributed by atoms with Crippen molar-refractivity contribution in [1.29, 1.82) is 0 Å². The van der Waals surface area contributed by atoms with Crippen molar-refractivity contribution in [1.82, 2.24) is 14.8 Å². The second kappa shape index (κ2) is 4.78. The summed E-state index contributed by atoms with van der Waals surface area (Å²) in [4.78, 5) is 0. The zero-order valence-electron chi connectivity index (χ0n) is 9.29. The van der Waals surface area contributed by atoms with E-state index in [9.17, 15) is 0 Å². The molecule has 0 saturated carbocycles. The van der Waals surface area contributed by atoms with Crippen LogP contribution < -0.4 is 0 Å². The van der Waals surface area contributed by atoms with Crippen molar-refractivity contribution in [2.45, 2.75) is 46.6 Å². The van der Waals surface area contributed by atoms with Gasteiger partial charge >= 0.3 is 0 Å². The van der Waals surface area contributed by atoms with Crippen molar-refractivity contribution in [2.24, 2.45) is 5.92 Å². The van der Waals surface area contributed by atoms with Crippen molar-refractivity contribution >= 4 is 11.6 Å². The van der Waals surface area contributed by atoms with Crippen LogP contribution in [0.3, 0.4) is 0 Å². The number of rotatable bonds is 4. The van der Waals surface area contributed by atoms with Gasteiger partial charge in [0.05, 0.1) is 0 Å². The highest BCUT2D eigenvalue weighted by molar-refractivity contribution is 6.28. The lowest BCUT2D eigenvalue weighted by molar-refractivity contribution is 0.357. The Labute approximate surface area is 90.5 Å². The maximum atomic E-state index is 6.03. The van der Waals surface area contributed by atoms with Crippen LogP contribution in [0.1, 0.15) is 46.0 Å². The van der Waals surface area contributed by atoms with Gasteiger partial charge in [-0.3, -0.25) is 4.57 Å². The van der Waals surface area contributed by atoms with Crippen molar-refractivity contribution < 1.29 is 0 Å². The third kappa shape index (κ3) is 2.08. The molecule has 1 aromatic heterocycles. The molecule has 14 heavy (non-hydrogen) atoms. The molecule has 80 valence electrons. The molecular formula is C10H18ClN3. The molecule has 0 fully saturated rings. The smallest absolute Gasteiger partial charge is 0.225 e. The first kappa shape index (κ1) is 11.5. The molecular weight excluding hydrogens is 198 g/mol.